The van der Waals surface area contributed by atoms with E-state index in [1.54, 1.807) is 11.2 Å². The molecule has 0 radical (unpaired) electrons. The Bertz CT molecular complexity index is 2210. The molecule has 0 amide bonds. The Morgan fingerprint density at radius 3 is 2.00 bits per heavy atom. The molecule has 0 saturated carbocycles. The number of anilines is 3. The second kappa shape index (κ2) is 10.3. The van der Waals surface area contributed by atoms with Crippen LogP contribution in [0, 0.1) is 13.8 Å². The maximum atomic E-state index is 8.91. The molecule has 0 spiro atoms. The molecule has 41 heavy (non-hydrogen) atoms. The van der Waals surface area contributed by atoms with E-state index < -0.39 is 18.1 Å². The molecule has 0 fully saturated rings. The molecule has 0 atom stereocenters. The standard InChI is InChI=1S/C36H27N5/c1-24-11-8-20-33-34(24)37-23-38-35(33)26-12-9-16-29(21-26)41(28-14-4-3-5-15-28)30-17-10-13-27(22-30)36-32-19-7-6-18-31(32)25(2)39-40-36/h3-23H,1-2H3/i3D,4D,5D,14D,15D. The third-order valence-electron chi connectivity index (χ3n) is 7.20. The van der Waals surface area contributed by atoms with Crippen molar-refractivity contribution in [3.05, 3.63) is 139 Å². The van der Waals surface area contributed by atoms with Gasteiger partial charge in [0.1, 0.15) is 12.0 Å². The molecule has 2 aromatic heterocycles. The number of nitrogens with zero attached hydrogens (tertiary/aromatic N) is 5. The first kappa shape index (κ1) is 19.6. The van der Waals surface area contributed by atoms with Gasteiger partial charge in [-0.15, -0.1) is 5.10 Å². The van der Waals surface area contributed by atoms with Crippen molar-refractivity contribution >= 4 is 38.7 Å². The van der Waals surface area contributed by atoms with Gasteiger partial charge in [0.05, 0.1) is 23.8 Å². The predicted molar refractivity (Wildman–Crippen MR) is 168 cm³/mol. The molecule has 0 aliphatic rings. The molecule has 5 aromatic carbocycles. The van der Waals surface area contributed by atoms with Crippen molar-refractivity contribution in [3.8, 4) is 22.5 Å². The van der Waals surface area contributed by atoms with Crippen LogP contribution in [0.1, 0.15) is 18.1 Å². The van der Waals surface area contributed by atoms with Crippen LogP contribution in [0.15, 0.2) is 128 Å². The minimum atomic E-state index is -0.453. The van der Waals surface area contributed by atoms with E-state index in [2.05, 4.69) is 20.2 Å². The Morgan fingerprint density at radius 2 is 1.24 bits per heavy atom. The minimum Gasteiger partial charge on any atom is -0.310 e. The number of benzene rings is 5. The van der Waals surface area contributed by atoms with Gasteiger partial charge in [0.25, 0.3) is 0 Å². The summed E-state index contributed by atoms with van der Waals surface area (Å²) in [5.74, 6) is 0. The van der Waals surface area contributed by atoms with Crippen LogP contribution in [0.5, 0.6) is 0 Å². The lowest BCUT2D eigenvalue weighted by Gasteiger charge is -2.26. The topological polar surface area (TPSA) is 54.8 Å². The fourth-order valence-electron chi connectivity index (χ4n) is 5.26. The second-order valence-electron chi connectivity index (χ2n) is 9.78. The van der Waals surface area contributed by atoms with Crippen LogP contribution < -0.4 is 4.90 Å². The van der Waals surface area contributed by atoms with Crippen molar-refractivity contribution in [1.29, 1.82) is 0 Å². The van der Waals surface area contributed by atoms with E-state index in [-0.39, 0.29) is 17.8 Å². The highest BCUT2D eigenvalue weighted by Gasteiger charge is 2.17. The first-order valence-electron chi connectivity index (χ1n) is 15.7. The SMILES string of the molecule is [2H]c1c([2H])c([2H])c(N(c2cccc(-c3nnc(C)c4ccccc34)c2)c2cccc(-c3ncnc4c(C)cccc34)c2)c([2H])c1[2H]. The summed E-state index contributed by atoms with van der Waals surface area (Å²) < 4.78 is 43.0. The Morgan fingerprint density at radius 1 is 0.585 bits per heavy atom. The summed E-state index contributed by atoms with van der Waals surface area (Å²) in [6.07, 6.45) is 1.54. The number of rotatable bonds is 5. The highest BCUT2D eigenvalue weighted by atomic mass is 15.1. The van der Waals surface area contributed by atoms with Crippen molar-refractivity contribution in [3.63, 3.8) is 0 Å². The smallest absolute Gasteiger partial charge is 0.116 e. The quantitative estimate of drug-likeness (QED) is 0.221. The summed E-state index contributed by atoms with van der Waals surface area (Å²) in [7, 11) is 0. The van der Waals surface area contributed by atoms with Gasteiger partial charge in [-0.1, -0.05) is 84.9 Å². The Balaban J connectivity index is 1.48. The van der Waals surface area contributed by atoms with Crippen LogP contribution >= 0.6 is 0 Å². The number of fused-ring (bicyclic) bond motifs is 2. The number of aryl methyl sites for hydroxylation is 2. The fourth-order valence-corrected chi connectivity index (χ4v) is 5.26. The summed E-state index contributed by atoms with van der Waals surface area (Å²) in [6, 6.07) is 27.1. The summed E-state index contributed by atoms with van der Waals surface area (Å²) >= 11 is 0. The Labute approximate surface area is 245 Å². The van der Waals surface area contributed by atoms with Crippen molar-refractivity contribution < 1.29 is 6.85 Å². The van der Waals surface area contributed by atoms with E-state index in [4.69, 9.17) is 6.85 Å². The predicted octanol–water partition coefficient (Wildman–Crippen LogP) is 8.99. The average molecular weight is 535 g/mol. The maximum Gasteiger partial charge on any atom is 0.116 e. The van der Waals surface area contributed by atoms with Crippen LogP contribution in [-0.4, -0.2) is 20.2 Å². The van der Waals surface area contributed by atoms with Crippen LogP contribution in [0.2, 0.25) is 0 Å². The van der Waals surface area contributed by atoms with E-state index in [9.17, 15) is 0 Å². The normalized spacial score (nSPS) is 12.9. The Hall–Kier alpha value is -5.42. The molecule has 5 nitrogen and oxygen atoms in total. The van der Waals surface area contributed by atoms with Gasteiger partial charge in [0.2, 0.25) is 0 Å². The van der Waals surface area contributed by atoms with Gasteiger partial charge in [-0.2, -0.15) is 5.10 Å². The summed E-state index contributed by atoms with van der Waals surface area (Å²) in [5, 5.41) is 11.8. The van der Waals surface area contributed by atoms with Gasteiger partial charge in [-0.3, -0.25) is 0 Å². The van der Waals surface area contributed by atoms with Crippen molar-refractivity contribution in [2.45, 2.75) is 13.8 Å². The molecular weight excluding hydrogens is 502 g/mol. The molecule has 0 aliphatic carbocycles. The average Bonchev–Trinajstić information content (AvgIpc) is 3.09. The van der Waals surface area contributed by atoms with E-state index in [1.807, 2.05) is 105 Å². The molecule has 196 valence electrons. The van der Waals surface area contributed by atoms with E-state index in [0.29, 0.717) is 17.1 Å². The number of hydrogen-bond acceptors (Lipinski definition) is 5. The molecule has 0 unspecified atom stereocenters. The molecule has 0 aliphatic heterocycles. The zero-order chi connectivity index (χ0) is 32.1. The third kappa shape index (κ3) is 4.47. The van der Waals surface area contributed by atoms with Gasteiger partial charge in [-0.05, 0) is 55.8 Å². The highest BCUT2D eigenvalue weighted by Crippen LogP contribution is 2.39. The molecule has 7 rings (SSSR count). The first-order valence-corrected chi connectivity index (χ1v) is 13.2. The van der Waals surface area contributed by atoms with Crippen LogP contribution in [0.4, 0.5) is 17.1 Å². The van der Waals surface area contributed by atoms with Gasteiger partial charge >= 0.3 is 0 Å². The lowest BCUT2D eigenvalue weighted by Crippen LogP contribution is -2.10. The zero-order valence-corrected chi connectivity index (χ0v) is 22.5. The largest absolute Gasteiger partial charge is 0.310 e. The number of para-hydroxylation sites is 2. The fraction of sp³-hybridized carbons (Fsp3) is 0.0556. The minimum absolute atomic E-state index is 0.0311. The molecule has 0 bridgehead atoms. The van der Waals surface area contributed by atoms with Crippen LogP contribution in [0.3, 0.4) is 0 Å². The first-order chi connectivity index (χ1) is 22.2. The van der Waals surface area contributed by atoms with Crippen molar-refractivity contribution in [1.82, 2.24) is 20.2 Å². The van der Waals surface area contributed by atoms with Gasteiger partial charge < -0.3 is 4.90 Å². The summed E-state index contributed by atoms with van der Waals surface area (Å²) in [6.45, 7) is 3.93. The van der Waals surface area contributed by atoms with Crippen LogP contribution in [0.25, 0.3) is 44.2 Å². The molecular formula is C36H27N5. The lowest BCUT2D eigenvalue weighted by atomic mass is 10.0. The molecule has 7 aromatic rings. The molecule has 5 heteroatoms. The van der Waals surface area contributed by atoms with Gasteiger partial charge in [0.15, 0.2) is 0 Å². The highest BCUT2D eigenvalue weighted by molar-refractivity contribution is 5.97. The molecule has 2 heterocycles. The summed E-state index contributed by atoms with van der Waals surface area (Å²) in [5.41, 5.74) is 6.87. The molecule has 0 saturated heterocycles. The molecule has 0 N–H and O–H groups in total. The zero-order valence-electron chi connectivity index (χ0n) is 27.5. The number of aromatic nitrogens is 4. The van der Waals surface area contributed by atoms with Crippen molar-refractivity contribution in [2.75, 3.05) is 4.90 Å². The maximum absolute atomic E-state index is 8.91. The van der Waals surface area contributed by atoms with E-state index >= 15 is 0 Å². The van der Waals surface area contributed by atoms with E-state index in [0.717, 1.165) is 49.8 Å². The van der Waals surface area contributed by atoms with Crippen LogP contribution in [-0.2, 0) is 0 Å². The Kier molecular flexibility index (Phi) is 4.92. The number of hydrogen-bond donors (Lipinski definition) is 0. The van der Waals surface area contributed by atoms with Crippen molar-refractivity contribution in [2.24, 2.45) is 0 Å². The van der Waals surface area contributed by atoms with Gasteiger partial charge in [-0.25, -0.2) is 9.97 Å². The monoisotopic (exact) mass is 534 g/mol. The lowest BCUT2D eigenvalue weighted by molar-refractivity contribution is 1.01. The third-order valence-corrected chi connectivity index (χ3v) is 7.20. The van der Waals surface area contributed by atoms with Gasteiger partial charge in [0, 0.05) is 44.3 Å². The van der Waals surface area contributed by atoms with E-state index in [1.165, 1.54) is 0 Å². The second-order valence-corrected chi connectivity index (χ2v) is 9.78. The summed E-state index contributed by atoms with van der Waals surface area (Å²) in [4.78, 5) is 10.8.